The van der Waals surface area contributed by atoms with Crippen LogP contribution in [0.1, 0.15) is 0 Å². The first-order valence-corrected chi connectivity index (χ1v) is 6.12. The minimum atomic E-state index is -1.27. The highest BCUT2D eigenvalue weighted by molar-refractivity contribution is 8.14. The van der Waals surface area contributed by atoms with E-state index >= 15 is 0 Å². The Balaban J connectivity index is 2.15. The fourth-order valence-corrected chi connectivity index (χ4v) is 2.90. The Kier molecular flexibility index (Phi) is 3.57. The number of rotatable bonds is 1. The molecule has 1 amide bonds. The van der Waals surface area contributed by atoms with Crippen molar-refractivity contribution >= 4 is 22.8 Å². The molecule has 0 unspecified atom stereocenters. The van der Waals surface area contributed by atoms with Gasteiger partial charge in [0.05, 0.1) is 0 Å². The number of ether oxygens (including phenoxy) is 1. The van der Waals surface area contributed by atoms with Crippen molar-refractivity contribution in [3.63, 3.8) is 0 Å². The summed E-state index contributed by atoms with van der Waals surface area (Å²) in [5.41, 5.74) is -0.446. The van der Waals surface area contributed by atoms with E-state index in [0.717, 1.165) is 0 Å². The lowest BCUT2D eigenvalue weighted by Gasteiger charge is -2.37. The van der Waals surface area contributed by atoms with Gasteiger partial charge in [-0.15, -0.1) is 0 Å². The maximum absolute atomic E-state index is 11.5. The lowest BCUT2D eigenvalue weighted by atomic mass is 9.98. The molecule has 8 heteroatoms. The van der Waals surface area contributed by atoms with Crippen LogP contribution in [0.3, 0.4) is 0 Å². The summed E-state index contributed by atoms with van der Waals surface area (Å²) in [4.78, 5) is 15.7. The highest BCUT2D eigenvalue weighted by Crippen LogP contribution is 2.35. The van der Waals surface area contributed by atoms with Crippen LogP contribution in [0.15, 0.2) is 4.99 Å². The number of amides is 1. The Bertz CT molecular complexity index is 351. The highest BCUT2D eigenvalue weighted by atomic mass is 32.2. The third-order valence-electron chi connectivity index (χ3n) is 2.78. The van der Waals surface area contributed by atoms with Crippen molar-refractivity contribution in [2.24, 2.45) is 4.99 Å². The number of carbonyl (C=O) groups is 1. The first kappa shape index (κ1) is 12.6. The van der Waals surface area contributed by atoms with Gasteiger partial charge >= 0.3 is 0 Å². The van der Waals surface area contributed by atoms with Crippen LogP contribution in [0.25, 0.3) is 0 Å². The smallest absolute Gasteiger partial charge is 0.251 e. The molecule has 0 radical (unpaired) electrons. The minimum absolute atomic E-state index is 0.446. The lowest BCUT2D eigenvalue weighted by Crippen LogP contribution is -2.59. The van der Waals surface area contributed by atoms with Gasteiger partial charge in [0.25, 0.3) is 5.91 Å². The first-order chi connectivity index (χ1) is 8.08. The quantitative estimate of drug-likeness (QED) is 0.430. The van der Waals surface area contributed by atoms with E-state index in [1.807, 2.05) is 0 Å². The number of fused-ring (bicyclic) bond motifs is 1. The van der Waals surface area contributed by atoms with E-state index in [1.54, 1.807) is 7.05 Å². The fourth-order valence-electron chi connectivity index (χ4n) is 1.84. The number of aliphatic hydroxyl groups excluding tert-OH is 2. The summed E-state index contributed by atoms with van der Waals surface area (Å²) in [5, 5.41) is 25.6. The van der Waals surface area contributed by atoms with Crippen molar-refractivity contribution in [3.8, 4) is 0 Å². The number of carbonyl (C=O) groups excluding carboxylic acids is 1. The SMILES string of the molecule is CNC(=O)[C@H]1O[C@H]2SC(NC)=N[C@H]2[C@@H](O)[C@@H]1O. The van der Waals surface area contributed by atoms with Gasteiger partial charge in [-0.2, -0.15) is 0 Å². The van der Waals surface area contributed by atoms with Gasteiger partial charge in [-0.1, -0.05) is 11.8 Å². The number of hydrogen-bond donors (Lipinski definition) is 4. The lowest BCUT2D eigenvalue weighted by molar-refractivity contribution is -0.170. The number of amidine groups is 1. The highest BCUT2D eigenvalue weighted by Gasteiger charge is 2.50. The molecule has 2 aliphatic rings. The molecule has 1 saturated heterocycles. The van der Waals surface area contributed by atoms with Gasteiger partial charge in [-0.05, 0) is 0 Å². The van der Waals surface area contributed by atoms with Gasteiger partial charge in [0, 0.05) is 14.1 Å². The van der Waals surface area contributed by atoms with E-state index in [-0.39, 0.29) is 0 Å². The van der Waals surface area contributed by atoms with Gasteiger partial charge in [0.1, 0.15) is 23.7 Å². The van der Waals surface area contributed by atoms with E-state index < -0.39 is 35.7 Å². The van der Waals surface area contributed by atoms with Crippen LogP contribution in [0.4, 0.5) is 0 Å². The maximum Gasteiger partial charge on any atom is 0.251 e. The Labute approximate surface area is 103 Å². The van der Waals surface area contributed by atoms with Crippen LogP contribution in [-0.4, -0.2) is 65.2 Å². The van der Waals surface area contributed by atoms with Crippen molar-refractivity contribution < 1.29 is 19.7 Å². The second-order valence-corrected chi connectivity index (χ2v) is 4.90. The third-order valence-corrected chi connectivity index (χ3v) is 3.94. The molecule has 4 N–H and O–H groups in total. The van der Waals surface area contributed by atoms with Crippen molar-refractivity contribution in [1.29, 1.82) is 0 Å². The first-order valence-electron chi connectivity index (χ1n) is 5.24. The predicted octanol–water partition coefficient (Wildman–Crippen LogP) is -2.13. The van der Waals surface area contributed by atoms with Crippen LogP contribution < -0.4 is 10.6 Å². The number of aliphatic imine (C=N–C) groups is 1. The summed E-state index contributed by atoms with van der Waals surface area (Å²) in [7, 11) is 3.16. The molecule has 0 saturated carbocycles. The molecule has 0 aromatic heterocycles. The summed E-state index contributed by atoms with van der Waals surface area (Å²) in [6.07, 6.45) is -3.43. The predicted molar refractivity (Wildman–Crippen MR) is 62.6 cm³/mol. The summed E-state index contributed by atoms with van der Waals surface area (Å²) in [6.45, 7) is 0. The van der Waals surface area contributed by atoms with Gasteiger partial charge in [0.15, 0.2) is 11.3 Å². The molecule has 0 bridgehead atoms. The molecular formula is C9H15N3O4S. The summed E-state index contributed by atoms with van der Waals surface area (Å²) in [5.74, 6) is -0.450. The zero-order valence-corrected chi connectivity index (χ0v) is 10.3. The Hall–Kier alpha value is -0.830. The van der Waals surface area contributed by atoms with Crippen LogP contribution in [0, 0.1) is 0 Å². The monoisotopic (exact) mass is 261 g/mol. The fraction of sp³-hybridized carbons (Fsp3) is 0.778. The largest absolute Gasteiger partial charge is 0.388 e. The van der Waals surface area contributed by atoms with Crippen LogP contribution in [-0.2, 0) is 9.53 Å². The average Bonchev–Trinajstić information content (AvgIpc) is 2.76. The summed E-state index contributed by atoms with van der Waals surface area (Å²) >= 11 is 1.30. The molecule has 2 rings (SSSR count). The molecule has 0 aromatic rings. The standard InChI is InChI=1S/C9H15N3O4S/c1-10-7(15)6-5(14)4(13)3-8(16-6)17-9(11-2)12-3/h3-6,8,13-14H,1-2H3,(H,10,15)(H,11,12)/t3-,4+,5-,6-,8-/m0/s1. The number of thioether (sulfide) groups is 1. The topological polar surface area (TPSA) is 103 Å². The van der Waals surface area contributed by atoms with Gasteiger partial charge in [-0.25, -0.2) is 0 Å². The second kappa shape index (κ2) is 4.81. The number of hydrogen-bond acceptors (Lipinski definition) is 7. The molecule has 2 aliphatic heterocycles. The van der Waals surface area contributed by atoms with Crippen molar-refractivity contribution in [3.05, 3.63) is 0 Å². The molecule has 0 spiro atoms. The van der Waals surface area contributed by atoms with E-state index in [0.29, 0.717) is 5.17 Å². The van der Waals surface area contributed by atoms with E-state index in [9.17, 15) is 15.0 Å². The van der Waals surface area contributed by atoms with Crippen LogP contribution in [0.2, 0.25) is 0 Å². The molecule has 17 heavy (non-hydrogen) atoms. The average molecular weight is 261 g/mol. The van der Waals surface area contributed by atoms with Crippen molar-refractivity contribution in [1.82, 2.24) is 10.6 Å². The molecule has 1 fully saturated rings. The Morgan fingerprint density at radius 1 is 1.41 bits per heavy atom. The Morgan fingerprint density at radius 3 is 2.71 bits per heavy atom. The van der Waals surface area contributed by atoms with E-state index in [1.165, 1.54) is 18.8 Å². The van der Waals surface area contributed by atoms with E-state index in [2.05, 4.69) is 15.6 Å². The number of likely N-dealkylation sites (N-methyl/N-ethyl adjacent to an activating group) is 1. The molecule has 5 atom stereocenters. The van der Waals surface area contributed by atoms with Crippen molar-refractivity contribution in [2.75, 3.05) is 14.1 Å². The van der Waals surface area contributed by atoms with Crippen LogP contribution in [0.5, 0.6) is 0 Å². The molecule has 7 nitrogen and oxygen atoms in total. The normalized spacial score (nSPS) is 40.5. The van der Waals surface area contributed by atoms with E-state index in [4.69, 9.17) is 4.74 Å². The van der Waals surface area contributed by atoms with Crippen LogP contribution >= 0.6 is 11.8 Å². The zero-order chi connectivity index (χ0) is 12.6. The molecule has 2 heterocycles. The second-order valence-electron chi connectivity index (χ2n) is 3.81. The Morgan fingerprint density at radius 2 is 2.12 bits per heavy atom. The zero-order valence-electron chi connectivity index (χ0n) is 9.45. The van der Waals surface area contributed by atoms with Crippen molar-refractivity contribution in [2.45, 2.75) is 29.8 Å². The number of nitrogens with one attached hydrogen (secondary N) is 2. The number of nitrogens with zero attached hydrogens (tertiary/aromatic N) is 1. The van der Waals surface area contributed by atoms with Gasteiger partial charge < -0.3 is 25.6 Å². The number of aliphatic hydroxyl groups is 2. The third kappa shape index (κ3) is 2.13. The summed E-state index contributed by atoms with van der Waals surface area (Å²) < 4.78 is 5.46. The molecular weight excluding hydrogens is 246 g/mol. The molecule has 0 aromatic carbocycles. The van der Waals surface area contributed by atoms with Gasteiger partial charge in [-0.3, -0.25) is 9.79 Å². The molecule has 0 aliphatic carbocycles. The summed E-state index contributed by atoms with van der Waals surface area (Å²) in [6, 6.07) is -0.543. The minimum Gasteiger partial charge on any atom is -0.388 e. The molecule has 96 valence electrons. The van der Waals surface area contributed by atoms with Gasteiger partial charge in [0.2, 0.25) is 0 Å². The maximum atomic E-state index is 11.5.